The second-order valence-corrected chi connectivity index (χ2v) is 4.83. The summed E-state index contributed by atoms with van der Waals surface area (Å²) in [7, 11) is 0. The Kier molecular flexibility index (Phi) is 6.48. The number of rotatable bonds is 7. The number of alkyl halides is 3. The summed E-state index contributed by atoms with van der Waals surface area (Å²) in [4.78, 5) is 0. The first-order valence-electron chi connectivity index (χ1n) is 6.76. The molecule has 0 saturated heterocycles. The topological polar surface area (TPSA) is 73.9 Å². The molecule has 1 unspecified atom stereocenters. The van der Waals surface area contributed by atoms with Crippen molar-refractivity contribution in [1.29, 1.82) is 5.41 Å². The number of guanidine groups is 1. The average Bonchev–Trinajstić information content (AvgIpc) is 2.41. The third-order valence-electron chi connectivity index (χ3n) is 3.15. The molecule has 21 heavy (non-hydrogen) atoms. The summed E-state index contributed by atoms with van der Waals surface area (Å²) in [6.45, 7) is 1.79. The molecule has 0 aliphatic heterocycles. The molecule has 0 aromatic heterocycles. The van der Waals surface area contributed by atoms with Crippen LogP contribution in [-0.2, 0) is 13.0 Å². The number of halogens is 3. The standard InChI is InChI=1S/C14H21F3N4/c1-2-10-3-5-11(6-4-10)7-20-8-12(14(15,16)17)9-21-13(18)19/h3-6,12,20H,2,7-9H2,1H3,(H4,18,19,21). The van der Waals surface area contributed by atoms with Gasteiger partial charge in [-0.05, 0) is 17.5 Å². The highest BCUT2D eigenvalue weighted by Crippen LogP contribution is 2.25. The lowest BCUT2D eigenvalue weighted by molar-refractivity contribution is -0.171. The Morgan fingerprint density at radius 1 is 1.19 bits per heavy atom. The fraction of sp³-hybridized carbons (Fsp3) is 0.500. The Balaban J connectivity index is 2.46. The minimum atomic E-state index is -4.33. The predicted molar refractivity (Wildman–Crippen MR) is 77.0 cm³/mol. The zero-order chi connectivity index (χ0) is 15.9. The first-order chi connectivity index (χ1) is 9.82. The summed E-state index contributed by atoms with van der Waals surface area (Å²) >= 11 is 0. The zero-order valence-electron chi connectivity index (χ0n) is 11.9. The molecule has 0 bridgehead atoms. The van der Waals surface area contributed by atoms with E-state index in [0.717, 1.165) is 12.0 Å². The summed E-state index contributed by atoms with van der Waals surface area (Å²) in [5.41, 5.74) is 7.15. The molecule has 1 rings (SSSR count). The van der Waals surface area contributed by atoms with Gasteiger partial charge in [-0.3, -0.25) is 5.41 Å². The van der Waals surface area contributed by atoms with Gasteiger partial charge in [-0.1, -0.05) is 31.2 Å². The van der Waals surface area contributed by atoms with Crippen LogP contribution in [0.25, 0.3) is 0 Å². The van der Waals surface area contributed by atoms with Crippen LogP contribution in [-0.4, -0.2) is 25.2 Å². The van der Waals surface area contributed by atoms with Crippen molar-refractivity contribution in [1.82, 2.24) is 10.6 Å². The SMILES string of the molecule is CCc1ccc(CNCC(CNC(=N)N)C(F)(F)F)cc1. The van der Waals surface area contributed by atoms with Gasteiger partial charge >= 0.3 is 6.18 Å². The second kappa shape index (κ2) is 7.87. The highest BCUT2D eigenvalue weighted by Gasteiger charge is 2.38. The van der Waals surface area contributed by atoms with E-state index in [1.807, 2.05) is 31.2 Å². The quantitative estimate of drug-likeness (QED) is 0.460. The summed E-state index contributed by atoms with van der Waals surface area (Å²) in [5, 5.41) is 11.9. The smallest absolute Gasteiger partial charge is 0.370 e. The number of nitrogens with one attached hydrogen (secondary N) is 3. The van der Waals surface area contributed by atoms with Gasteiger partial charge in [0.15, 0.2) is 5.96 Å². The normalized spacial score (nSPS) is 13.0. The summed E-state index contributed by atoms with van der Waals surface area (Å²) in [5.74, 6) is -2.05. The molecule has 0 saturated carbocycles. The van der Waals surface area contributed by atoms with Crippen LogP contribution in [0, 0.1) is 11.3 Å². The van der Waals surface area contributed by atoms with Gasteiger partial charge < -0.3 is 16.4 Å². The van der Waals surface area contributed by atoms with Crippen molar-refractivity contribution in [3.8, 4) is 0 Å². The Bertz CT molecular complexity index is 443. The largest absolute Gasteiger partial charge is 0.394 e. The van der Waals surface area contributed by atoms with E-state index < -0.39 is 24.6 Å². The molecule has 0 amide bonds. The van der Waals surface area contributed by atoms with Gasteiger partial charge in [-0.2, -0.15) is 13.2 Å². The number of benzene rings is 1. The van der Waals surface area contributed by atoms with Crippen LogP contribution in [0.2, 0.25) is 0 Å². The van der Waals surface area contributed by atoms with Gasteiger partial charge in [0.1, 0.15) is 0 Å². The van der Waals surface area contributed by atoms with Crippen LogP contribution in [0.5, 0.6) is 0 Å². The van der Waals surface area contributed by atoms with Crippen molar-refractivity contribution in [3.63, 3.8) is 0 Å². The Labute approximate surface area is 122 Å². The molecule has 1 aromatic carbocycles. The predicted octanol–water partition coefficient (Wildman–Crippen LogP) is 2.00. The minimum absolute atomic E-state index is 0.223. The van der Waals surface area contributed by atoms with Crippen LogP contribution in [0.1, 0.15) is 18.1 Å². The van der Waals surface area contributed by atoms with Gasteiger partial charge in [0.25, 0.3) is 0 Å². The molecule has 0 spiro atoms. The summed E-state index contributed by atoms with van der Waals surface area (Å²) in [6.07, 6.45) is -3.40. The van der Waals surface area contributed by atoms with Crippen LogP contribution >= 0.6 is 0 Å². The van der Waals surface area contributed by atoms with E-state index in [1.165, 1.54) is 5.56 Å². The molecule has 0 aliphatic rings. The third kappa shape index (κ3) is 6.48. The molecule has 1 aromatic rings. The van der Waals surface area contributed by atoms with Crippen LogP contribution in [0.15, 0.2) is 24.3 Å². The molecule has 4 nitrogen and oxygen atoms in total. The Morgan fingerprint density at radius 2 is 1.76 bits per heavy atom. The van der Waals surface area contributed by atoms with Crippen molar-refractivity contribution >= 4 is 5.96 Å². The third-order valence-corrected chi connectivity index (χ3v) is 3.15. The molecule has 1 atom stereocenters. The fourth-order valence-electron chi connectivity index (χ4n) is 1.82. The van der Waals surface area contributed by atoms with Crippen molar-refractivity contribution < 1.29 is 13.2 Å². The monoisotopic (exact) mass is 302 g/mol. The highest BCUT2D eigenvalue weighted by molar-refractivity contribution is 5.74. The zero-order valence-corrected chi connectivity index (χ0v) is 11.9. The maximum atomic E-state index is 12.8. The molecule has 0 aliphatic carbocycles. The number of aryl methyl sites for hydroxylation is 1. The average molecular weight is 302 g/mol. The first kappa shape index (κ1) is 17.3. The lowest BCUT2D eigenvalue weighted by Gasteiger charge is -2.21. The van der Waals surface area contributed by atoms with E-state index in [2.05, 4.69) is 10.6 Å². The second-order valence-electron chi connectivity index (χ2n) is 4.83. The van der Waals surface area contributed by atoms with Crippen molar-refractivity contribution in [2.45, 2.75) is 26.1 Å². The van der Waals surface area contributed by atoms with E-state index in [4.69, 9.17) is 11.1 Å². The van der Waals surface area contributed by atoms with Crippen molar-refractivity contribution in [3.05, 3.63) is 35.4 Å². The highest BCUT2D eigenvalue weighted by atomic mass is 19.4. The van der Waals surface area contributed by atoms with E-state index in [9.17, 15) is 13.2 Å². The maximum absolute atomic E-state index is 12.8. The van der Waals surface area contributed by atoms with Gasteiger partial charge in [-0.25, -0.2) is 0 Å². The number of hydrogen-bond acceptors (Lipinski definition) is 2. The molecule has 0 fully saturated rings. The van der Waals surface area contributed by atoms with Crippen LogP contribution in [0.4, 0.5) is 13.2 Å². The Morgan fingerprint density at radius 3 is 2.24 bits per heavy atom. The van der Waals surface area contributed by atoms with Gasteiger partial charge in [-0.15, -0.1) is 0 Å². The van der Waals surface area contributed by atoms with Crippen LogP contribution in [0.3, 0.4) is 0 Å². The summed E-state index contributed by atoms with van der Waals surface area (Å²) in [6, 6.07) is 7.75. The van der Waals surface area contributed by atoms with E-state index in [1.54, 1.807) is 0 Å². The first-order valence-corrected chi connectivity index (χ1v) is 6.76. The number of nitrogens with two attached hydrogens (primary N) is 1. The van der Waals surface area contributed by atoms with Crippen molar-refractivity contribution in [2.75, 3.05) is 13.1 Å². The Hall–Kier alpha value is -1.76. The molecular weight excluding hydrogens is 281 g/mol. The molecule has 5 N–H and O–H groups in total. The molecule has 0 heterocycles. The maximum Gasteiger partial charge on any atom is 0.394 e. The lowest BCUT2D eigenvalue weighted by Crippen LogP contribution is -2.43. The molecule has 118 valence electrons. The van der Waals surface area contributed by atoms with E-state index in [-0.39, 0.29) is 6.54 Å². The minimum Gasteiger partial charge on any atom is -0.370 e. The van der Waals surface area contributed by atoms with Crippen molar-refractivity contribution in [2.24, 2.45) is 11.7 Å². The fourth-order valence-corrected chi connectivity index (χ4v) is 1.82. The molecular formula is C14H21F3N4. The molecule has 7 heteroatoms. The number of hydrogen-bond donors (Lipinski definition) is 4. The molecule has 0 radical (unpaired) electrons. The van der Waals surface area contributed by atoms with E-state index in [0.29, 0.717) is 6.54 Å². The lowest BCUT2D eigenvalue weighted by atomic mass is 10.1. The van der Waals surface area contributed by atoms with E-state index >= 15 is 0 Å². The summed E-state index contributed by atoms with van der Waals surface area (Å²) < 4.78 is 38.4. The van der Waals surface area contributed by atoms with Crippen LogP contribution < -0.4 is 16.4 Å². The van der Waals surface area contributed by atoms with Gasteiger partial charge in [0.2, 0.25) is 0 Å². The van der Waals surface area contributed by atoms with Gasteiger partial charge in [0, 0.05) is 19.6 Å². The van der Waals surface area contributed by atoms with Gasteiger partial charge in [0.05, 0.1) is 5.92 Å².